The van der Waals surface area contributed by atoms with Crippen LogP contribution < -0.4 is 20.1 Å². The van der Waals surface area contributed by atoms with Gasteiger partial charge in [-0.15, -0.1) is 0 Å². The number of methoxy groups -OCH3 is 2. The van der Waals surface area contributed by atoms with Crippen molar-refractivity contribution < 1.29 is 14.2 Å². The van der Waals surface area contributed by atoms with Crippen LogP contribution in [0.5, 0.6) is 11.5 Å². The van der Waals surface area contributed by atoms with E-state index in [1.807, 2.05) is 24.3 Å². The van der Waals surface area contributed by atoms with Gasteiger partial charge in [0.15, 0.2) is 5.96 Å². The van der Waals surface area contributed by atoms with Crippen molar-refractivity contribution in [1.29, 1.82) is 0 Å². The molecule has 0 amide bonds. The Balaban J connectivity index is 1.80. The molecule has 2 aromatic rings. The number of nitrogens with zero attached hydrogens (tertiary/aromatic N) is 1. The van der Waals surface area contributed by atoms with Crippen molar-refractivity contribution in [3.8, 4) is 11.5 Å². The third-order valence-corrected chi connectivity index (χ3v) is 4.47. The molecule has 0 aliphatic carbocycles. The second kappa shape index (κ2) is 12.7. The second-order valence-electron chi connectivity index (χ2n) is 6.76. The smallest absolute Gasteiger partial charge is 0.191 e. The van der Waals surface area contributed by atoms with Crippen LogP contribution in [0.25, 0.3) is 0 Å². The van der Waals surface area contributed by atoms with Crippen LogP contribution in [0.1, 0.15) is 23.1 Å². The first kappa shape index (κ1) is 22.6. The molecular weight excluding hydrogens is 366 g/mol. The van der Waals surface area contributed by atoms with E-state index in [2.05, 4.69) is 40.7 Å². The Morgan fingerprint density at radius 3 is 2.66 bits per heavy atom. The normalized spacial score (nSPS) is 11.2. The molecule has 0 saturated carbocycles. The summed E-state index contributed by atoms with van der Waals surface area (Å²) >= 11 is 0. The Morgan fingerprint density at radius 2 is 1.90 bits per heavy atom. The second-order valence-corrected chi connectivity index (χ2v) is 6.76. The molecule has 0 unspecified atom stereocenters. The summed E-state index contributed by atoms with van der Waals surface area (Å²) < 4.78 is 16.3. The van der Waals surface area contributed by atoms with E-state index in [9.17, 15) is 0 Å². The molecule has 0 aromatic heterocycles. The van der Waals surface area contributed by atoms with Crippen molar-refractivity contribution in [3.05, 3.63) is 59.2 Å². The van der Waals surface area contributed by atoms with E-state index in [0.29, 0.717) is 19.8 Å². The molecule has 2 aromatic carbocycles. The molecule has 0 aliphatic rings. The summed E-state index contributed by atoms with van der Waals surface area (Å²) in [6.07, 6.45) is 1.73. The molecule has 0 atom stereocenters. The molecule has 0 spiro atoms. The van der Waals surface area contributed by atoms with Crippen molar-refractivity contribution in [2.24, 2.45) is 4.99 Å². The van der Waals surface area contributed by atoms with Crippen LogP contribution >= 0.6 is 0 Å². The molecule has 6 heteroatoms. The maximum absolute atomic E-state index is 5.76. The molecule has 29 heavy (non-hydrogen) atoms. The number of guanidine groups is 1. The van der Waals surface area contributed by atoms with Crippen LogP contribution in [0.2, 0.25) is 0 Å². The average Bonchev–Trinajstić information content (AvgIpc) is 2.74. The SMILES string of the molecule is CN=C(NCCc1cc(C)ccc1OC)NCc1cccc(OCCCOC)c1. The van der Waals surface area contributed by atoms with Gasteiger partial charge in [-0.1, -0.05) is 29.8 Å². The lowest BCUT2D eigenvalue weighted by Gasteiger charge is -2.14. The highest BCUT2D eigenvalue weighted by molar-refractivity contribution is 5.79. The summed E-state index contributed by atoms with van der Waals surface area (Å²) in [4.78, 5) is 4.30. The Morgan fingerprint density at radius 1 is 1.03 bits per heavy atom. The van der Waals surface area contributed by atoms with E-state index in [0.717, 1.165) is 42.4 Å². The number of aliphatic imine (C=N–C) groups is 1. The lowest BCUT2D eigenvalue weighted by Crippen LogP contribution is -2.37. The highest BCUT2D eigenvalue weighted by atomic mass is 16.5. The highest BCUT2D eigenvalue weighted by Crippen LogP contribution is 2.19. The number of hydrogen-bond acceptors (Lipinski definition) is 4. The first-order chi connectivity index (χ1) is 14.2. The topological polar surface area (TPSA) is 64.1 Å². The van der Waals surface area contributed by atoms with Gasteiger partial charge in [0.2, 0.25) is 0 Å². The van der Waals surface area contributed by atoms with Gasteiger partial charge in [-0.3, -0.25) is 4.99 Å². The molecule has 2 N–H and O–H groups in total. The van der Waals surface area contributed by atoms with Gasteiger partial charge in [-0.25, -0.2) is 0 Å². The lowest BCUT2D eigenvalue weighted by molar-refractivity contribution is 0.172. The van der Waals surface area contributed by atoms with E-state index < -0.39 is 0 Å². The first-order valence-electron chi connectivity index (χ1n) is 9.95. The van der Waals surface area contributed by atoms with Gasteiger partial charge < -0.3 is 24.8 Å². The van der Waals surface area contributed by atoms with Gasteiger partial charge in [0.05, 0.1) is 13.7 Å². The van der Waals surface area contributed by atoms with E-state index in [1.54, 1.807) is 21.3 Å². The van der Waals surface area contributed by atoms with Crippen LogP contribution in [-0.4, -0.2) is 47.0 Å². The number of rotatable bonds is 11. The summed E-state index contributed by atoms with van der Waals surface area (Å²) in [6, 6.07) is 14.3. The first-order valence-corrected chi connectivity index (χ1v) is 9.95. The summed E-state index contributed by atoms with van der Waals surface area (Å²) in [5.41, 5.74) is 3.55. The number of hydrogen-bond donors (Lipinski definition) is 2. The monoisotopic (exact) mass is 399 g/mol. The number of benzene rings is 2. The Kier molecular flexibility index (Phi) is 9.86. The molecule has 0 fully saturated rings. The molecule has 0 bridgehead atoms. The quantitative estimate of drug-likeness (QED) is 0.345. The fraction of sp³-hybridized carbons (Fsp3) is 0.435. The minimum Gasteiger partial charge on any atom is -0.496 e. The molecule has 2 rings (SSSR count). The summed E-state index contributed by atoms with van der Waals surface area (Å²) in [5, 5.41) is 6.71. The maximum Gasteiger partial charge on any atom is 0.191 e. The van der Waals surface area contributed by atoms with Crippen LogP contribution in [0.15, 0.2) is 47.5 Å². The minimum absolute atomic E-state index is 0.649. The summed E-state index contributed by atoms with van der Waals surface area (Å²) in [7, 11) is 5.18. The van der Waals surface area contributed by atoms with Gasteiger partial charge in [-0.2, -0.15) is 0 Å². The standard InChI is InChI=1S/C23H33N3O3/c1-18-9-10-22(28-4)20(15-18)11-12-25-23(24-2)26-17-19-7-5-8-21(16-19)29-14-6-13-27-3/h5,7-10,15-16H,6,11-14,17H2,1-4H3,(H2,24,25,26). The Bertz CT molecular complexity index is 778. The predicted octanol–water partition coefficient (Wildman–Crippen LogP) is 3.33. The molecular formula is C23H33N3O3. The van der Waals surface area contributed by atoms with E-state index in [1.165, 1.54) is 11.1 Å². The summed E-state index contributed by atoms with van der Waals surface area (Å²) in [5.74, 6) is 2.56. The fourth-order valence-corrected chi connectivity index (χ4v) is 2.96. The maximum atomic E-state index is 5.76. The van der Waals surface area contributed by atoms with Gasteiger partial charge in [0.25, 0.3) is 0 Å². The molecule has 6 nitrogen and oxygen atoms in total. The zero-order valence-electron chi connectivity index (χ0n) is 18.0. The van der Waals surface area contributed by atoms with Gasteiger partial charge in [0.1, 0.15) is 11.5 Å². The van der Waals surface area contributed by atoms with E-state index >= 15 is 0 Å². The van der Waals surface area contributed by atoms with Crippen LogP contribution in [0.4, 0.5) is 0 Å². The number of ether oxygens (including phenoxy) is 3. The zero-order chi connectivity index (χ0) is 20.9. The molecule has 0 saturated heterocycles. The van der Waals surface area contributed by atoms with Gasteiger partial charge >= 0.3 is 0 Å². The predicted molar refractivity (Wildman–Crippen MR) is 118 cm³/mol. The molecule has 158 valence electrons. The Hall–Kier alpha value is -2.73. The largest absolute Gasteiger partial charge is 0.496 e. The van der Waals surface area contributed by atoms with Crippen molar-refractivity contribution in [1.82, 2.24) is 10.6 Å². The fourth-order valence-electron chi connectivity index (χ4n) is 2.96. The van der Waals surface area contributed by atoms with Crippen molar-refractivity contribution in [2.75, 3.05) is 41.0 Å². The molecule has 0 radical (unpaired) electrons. The van der Waals surface area contributed by atoms with Crippen LogP contribution in [0.3, 0.4) is 0 Å². The van der Waals surface area contributed by atoms with Gasteiger partial charge in [-0.05, 0) is 42.7 Å². The Labute approximate surface area is 174 Å². The number of nitrogens with one attached hydrogen (secondary N) is 2. The highest BCUT2D eigenvalue weighted by Gasteiger charge is 2.05. The third kappa shape index (κ3) is 8.03. The average molecular weight is 400 g/mol. The van der Waals surface area contributed by atoms with Crippen molar-refractivity contribution in [2.45, 2.75) is 26.3 Å². The summed E-state index contributed by atoms with van der Waals surface area (Å²) in [6.45, 7) is 4.88. The van der Waals surface area contributed by atoms with Crippen molar-refractivity contribution >= 4 is 5.96 Å². The minimum atomic E-state index is 0.649. The zero-order valence-corrected chi connectivity index (χ0v) is 18.0. The number of aryl methyl sites for hydroxylation is 1. The molecule has 0 aliphatic heterocycles. The van der Waals surface area contributed by atoms with Crippen molar-refractivity contribution in [3.63, 3.8) is 0 Å². The van der Waals surface area contributed by atoms with Crippen LogP contribution in [0, 0.1) is 6.92 Å². The molecule has 0 heterocycles. The third-order valence-electron chi connectivity index (χ3n) is 4.47. The van der Waals surface area contributed by atoms with Gasteiger partial charge in [0, 0.05) is 40.3 Å². The van der Waals surface area contributed by atoms with E-state index in [-0.39, 0.29) is 0 Å². The lowest BCUT2D eigenvalue weighted by atomic mass is 10.1. The van der Waals surface area contributed by atoms with Crippen LogP contribution in [-0.2, 0) is 17.7 Å². The van der Waals surface area contributed by atoms with E-state index in [4.69, 9.17) is 14.2 Å².